The number of carbonyl (C=O) groups is 2. The molecule has 2 amide bonds. The Kier molecular flexibility index (Phi) is 3.38. The van der Waals surface area contributed by atoms with Crippen LogP contribution < -0.4 is 10.0 Å². The number of hydrogen-bond acceptors (Lipinski definition) is 4. The minimum atomic E-state index is -3.85. The van der Waals surface area contributed by atoms with Gasteiger partial charge in [0.1, 0.15) is 4.90 Å². The molecule has 2 aromatic carbocycles. The van der Waals surface area contributed by atoms with Crippen molar-refractivity contribution in [1.82, 2.24) is 4.72 Å². The van der Waals surface area contributed by atoms with Gasteiger partial charge in [0.2, 0.25) is 0 Å². The summed E-state index contributed by atoms with van der Waals surface area (Å²) >= 11 is 5.75. The summed E-state index contributed by atoms with van der Waals surface area (Å²) in [6.45, 7) is 0. The first kappa shape index (κ1) is 14.6. The summed E-state index contributed by atoms with van der Waals surface area (Å²) in [4.78, 5) is 23.8. The molecule has 112 valence electrons. The van der Waals surface area contributed by atoms with Crippen LogP contribution in [0.15, 0.2) is 47.4 Å². The fraction of sp³-hybridized carbons (Fsp3) is 0. The Morgan fingerprint density at radius 3 is 2.45 bits per heavy atom. The van der Waals surface area contributed by atoms with Crippen LogP contribution in [0.1, 0.15) is 20.7 Å². The Morgan fingerprint density at radius 1 is 1.09 bits per heavy atom. The van der Waals surface area contributed by atoms with Crippen LogP contribution in [0.25, 0.3) is 0 Å². The summed E-state index contributed by atoms with van der Waals surface area (Å²) < 4.78 is 25.4. The summed E-state index contributed by atoms with van der Waals surface area (Å²) in [5.41, 5.74) is 0.407. The Morgan fingerprint density at radius 2 is 1.77 bits per heavy atom. The number of benzene rings is 2. The normalized spacial score (nSPS) is 15.0. The molecule has 22 heavy (non-hydrogen) atoms. The summed E-state index contributed by atoms with van der Waals surface area (Å²) in [5, 5.41) is 3.03. The molecule has 0 fully saturated rings. The van der Waals surface area contributed by atoms with Gasteiger partial charge in [-0.3, -0.25) is 9.59 Å². The van der Waals surface area contributed by atoms with Crippen molar-refractivity contribution in [2.24, 2.45) is 0 Å². The van der Waals surface area contributed by atoms with E-state index < -0.39 is 21.8 Å². The molecule has 0 spiro atoms. The highest BCUT2D eigenvalue weighted by atomic mass is 35.5. The molecule has 0 aromatic heterocycles. The van der Waals surface area contributed by atoms with Crippen molar-refractivity contribution < 1.29 is 18.0 Å². The molecule has 2 N–H and O–H groups in total. The van der Waals surface area contributed by atoms with Crippen LogP contribution in [-0.2, 0) is 10.0 Å². The lowest BCUT2D eigenvalue weighted by molar-refractivity contribution is 0.0986. The third kappa shape index (κ3) is 2.44. The van der Waals surface area contributed by atoms with Gasteiger partial charge < -0.3 is 5.32 Å². The smallest absolute Gasteiger partial charge is 0.268 e. The number of amides is 2. The van der Waals surface area contributed by atoms with Crippen LogP contribution in [0.2, 0.25) is 5.02 Å². The standard InChI is InChI=1S/C14H9ClN2O4S/c15-9-6-4-8(5-7-9)13(18)16-10-2-1-3-11-12(10)14(19)17-22(11,20)21/h1-7H,(H,16,18)(H,17,19). The zero-order valence-corrected chi connectivity index (χ0v) is 12.5. The second-order valence-electron chi connectivity index (χ2n) is 4.57. The van der Waals surface area contributed by atoms with Gasteiger partial charge in [-0.15, -0.1) is 0 Å². The predicted octanol–water partition coefficient (Wildman–Crippen LogP) is 2.02. The number of anilines is 1. The van der Waals surface area contributed by atoms with Crippen molar-refractivity contribution in [3.63, 3.8) is 0 Å². The van der Waals surface area contributed by atoms with Crippen molar-refractivity contribution in [1.29, 1.82) is 0 Å². The van der Waals surface area contributed by atoms with Crippen molar-refractivity contribution >= 4 is 39.1 Å². The maximum absolute atomic E-state index is 12.2. The first-order valence-electron chi connectivity index (χ1n) is 6.15. The van der Waals surface area contributed by atoms with Crippen molar-refractivity contribution in [2.45, 2.75) is 4.90 Å². The molecule has 1 heterocycles. The molecule has 3 rings (SSSR count). The van der Waals surface area contributed by atoms with Crippen LogP contribution >= 0.6 is 11.6 Å². The third-order valence-corrected chi connectivity index (χ3v) is 4.75. The van der Waals surface area contributed by atoms with Gasteiger partial charge in [-0.05, 0) is 36.4 Å². The van der Waals surface area contributed by atoms with Gasteiger partial charge >= 0.3 is 0 Å². The second-order valence-corrected chi connectivity index (χ2v) is 6.66. The van der Waals surface area contributed by atoms with E-state index in [0.717, 1.165) is 0 Å². The van der Waals surface area contributed by atoms with Crippen molar-refractivity contribution in [3.05, 3.63) is 58.6 Å². The number of rotatable bonds is 2. The molecule has 6 nitrogen and oxygen atoms in total. The van der Waals surface area contributed by atoms with Gasteiger partial charge in [0.25, 0.3) is 21.8 Å². The first-order valence-corrected chi connectivity index (χ1v) is 8.02. The van der Waals surface area contributed by atoms with Crippen LogP contribution in [0, 0.1) is 0 Å². The lowest BCUT2D eigenvalue weighted by atomic mass is 10.1. The molecule has 0 saturated heterocycles. The quantitative estimate of drug-likeness (QED) is 0.877. The van der Waals surface area contributed by atoms with E-state index in [1.54, 1.807) is 12.1 Å². The van der Waals surface area contributed by atoms with Crippen LogP contribution in [0.5, 0.6) is 0 Å². The van der Waals surface area contributed by atoms with E-state index in [4.69, 9.17) is 11.6 Å². The fourth-order valence-electron chi connectivity index (χ4n) is 2.12. The van der Waals surface area contributed by atoms with Gasteiger partial charge in [0.05, 0.1) is 11.3 Å². The molecule has 1 aliphatic rings. The van der Waals surface area contributed by atoms with Crippen molar-refractivity contribution in [2.75, 3.05) is 5.32 Å². The molecule has 0 aliphatic carbocycles. The Balaban J connectivity index is 1.98. The zero-order valence-electron chi connectivity index (χ0n) is 11.0. The van der Waals surface area contributed by atoms with Crippen LogP contribution in [-0.4, -0.2) is 20.2 Å². The van der Waals surface area contributed by atoms with Gasteiger partial charge in [0.15, 0.2) is 0 Å². The van der Waals surface area contributed by atoms with Crippen molar-refractivity contribution in [3.8, 4) is 0 Å². The number of hydrogen-bond donors (Lipinski definition) is 2. The maximum Gasteiger partial charge on any atom is 0.268 e. The lowest BCUT2D eigenvalue weighted by Gasteiger charge is -2.08. The first-order chi connectivity index (χ1) is 10.4. The minimum Gasteiger partial charge on any atom is -0.321 e. The van der Waals surface area contributed by atoms with Gasteiger partial charge in [-0.1, -0.05) is 17.7 Å². The second kappa shape index (κ2) is 5.11. The molecule has 8 heteroatoms. The number of carbonyl (C=O) groups excluding carboxylic acids is 2. The van der Waals surface area contributed by atoms with E-state index in [2.05, 4.69) is 5.32 Å². The minimum absolute atomic E-state index is 0.0650. The Bertz CT molecular complexity index is 892. The molecular formula is C14H9ClN2O4S. The van der Waals surface area contributed by atoms with Gasteiger partial charge in [-0.25, -0.2) is 13.1 Å². The Hall–Kier alpha value is -2.38. The maximum atomic E-state index is 12.2. The molecule has 0 bridgehead atoms. The molecular weight excluding hydrogens is 328 g/mol. The highest BCUT2D eigenvalue weighted by Crippen LogP contribution is 2.29. The predicted molar refractivity (Wildman–Crippen MR) is 80.5 cm³/mol. The highest BCUT2D eigenvalue weighted by molar-refractivity contribution is 7.90. The summed E-state index contributed by atoms with van der Waals surface area (Å²) in [7, 11) is -3.85. The largest absolute Gasteiger partial charge is 0.321 e. The Labute approximate surface area is 131 Å². The average Bonchev–Trinajstić information content (AvgIpc) is 2.70. The van der Waals surface area contributed by atoms with E-state index >= 15 is 0 Å². The van der Waals surface area contributed by atoms with Crippen LogP contribution in [0.4, 0.5) is 5.69 Å². The highest BCUT2D eigenvalue weighted by Gasteiger charge is 2.34. The molecule has 0 saturated carbocycles. The van der Waals surface area contributed by atoms with E-state index in [-0.39, 0.29) is 16.1 Å². The van der Waals surface area contributed by atoms with E-state index in [1.807, 2.05) is 4.72 Å². The monoisotopic (exact) mass is 336 g/mol. The van der Waals surface area contributed by atoms with E-state index in [0.29, 0.717) is 10.6 Å². The SMILES string of the molecule is O=C(Nc1cccc2c1C(=O)NS2(=O)=O)c1ccc(Cl)cc1. The van der Waals surface area contributed by atoms with Crippen LogP contribution in [0.3, 0.4) is 0 Å². The topological polar surface area (TPSA) is 92.3 Å². The number of sulfonamides is 1. The zero-order chi connectivity index (χ0) is 15.9. The van der Waals surface area contributed by atoms with Gasteiger partial charge in [-0.2, -0.15) is 0 Å². The van der Waals surface area contributed by atoms with Gasteiger partial charge in [0, 0.05) is 10.6 Å². The summed E-state index contributed by atoms with van der Waals surface area (Å²) in [6, 6.07) is 10.4. The van der Waals surface area contributed by atoms with E-state index in [9.17, 15) is 18.0 Å². The molecule has 0 atom stereocenters. The summed E-state index contributed by atoms with van der Waals surface area (Å²) in [6.07, 6.45) is 0. The lowest BCUT2D eigenvalue weighted by Crippen LogP contribution is -2.21. The molecule has 1 aliphatic heterocycles. The fourth-order valence-corrected chi connectivity index (χ4v) is 3.43. The average molecular weight is 337 g/mol. The number of fused-ring (bicyclic) bond motifs is 1. The number of halogens is 1. The van der Waals surface area contributed by atoms with E-state index in [1.165, 1.54) is 30.3 Å². The molecule has 2 aromatic rings. The molecule has 0 radical (unpaired) electrons. The summed E-state index contributed by atoms with van der Waals surface area (Å²) in [5.74, 6) is -1.23. The molecule has 0 unspecified atom stereocenters. The number of nitrogens with one attached hydrogen (secondary N) is 2. The third-order valence-electron chi connectivity index (χ3n) is 3.12.